The van der Waals surface area contributed by atoms with Crippen LogP contribution in [0, 0.1) is 21.7 Å². The minimum Gasteiger partial charge on any atom is -0.481 e. The number of nitro benzene ring substituents is 1. The molecule has 0 unspecified atom stereocenters. The average molecular weight is 288 g/mol. The Morgan fingerprint density at radius 2 is 2.00 bits per heavy atom. The Labute approximate surface area is 113 Å². The minimum atomic E-state index is -1.23. The van der Waals surface area contributed by atoms with Crippen molar-refractivity contribution < 1.29 is 23.6 Å². The number of carbonyl (C=O) groups is 1. The van der Waals surface area contributed by atoms with Crippen LogP contribution in [0.15, 0.2) is 12.1 Å². The predicted octanol–water partition coefficient (Wildman–Crippen LogP) is 2.93. The number of carboxylic acids is 1. The van der Waals surface area contributed by atoms with E-state index in [1.54, 1.807) is 0 Å². The van der Waals surface area contributed by atoms with E-state index in [9.17, 15) is 23.7 Å². The van der Waals surface area contributed by atoms with Crippen molar-refractivity contribution in [1.29, 1.82) is 0 Å². The monoisotopic (exact) mass is 288 g/mol. The fraction of sp³-hybridized carbons (Fsp3) is 0.417. The summed E-state index contributed by atoms with van der Waals surface area (Å²) in [5, 5.41) is 21.7. The first-order valence-corrected chi connectivity index (χ1v) is 6.01. The van der Waals surface area contributed by atoms with E-state index in [0.29, 0.717) is 25.3 Å². The first-order valence-electron chi connectivity index (χ1n) is 6.01. The number of nitrogens with one attached hydrogen (secondary N) is 1. The van der Waals surface area contributed by atoms with Gasteiger partial charge in [0.1, 0.15) is 11.5 Å². The van der Waals surface area contributed by atoms with Crippen molar-refractivity contribution in [3.8, 4) is 0 Å². The molecule has 6 nitrogen and oxygen atoms in total. The number of carboxylic acid groups (broad SMARTS) is 1. The van der Waals surface area contributed by atoms with Crippen molar-refractivity contribution in [2.24, 2.45) is 0 Å². The molecule has 0 aliphatic rings. The third kappa shape index (κ3) is 4.79. The van der Waals surface area contributed by atoms with E-state index in [1.165, 1.54) is 0 Å². The van der Waals surface area contributed by atoms with Gasteiger partial charge in [-0.15, -0.1) is 0 Å². The molecule has 1 rings (SSSR count). The fourth-order valence-corrected chi connectivity index (χ4v) is 1.69. The number of halogens is 2. The molecule has 1 aromatic carbocycles. The highest BCUT2D eigenvalue weighted by molar-refractivity contribution is 5.66. The molecule has 0 heterocycles. The van der Waals surface area contributed by atoms with E-state index in [1.807, 2.05) is 0 Å². The molecule has 0 spiro atoms. The van der Waals surface area contributed by atoms with Crippen LogP contribution in [-0.4, -0.2) is 22.5 Å². The largest absolute Gasteiger partial charge is 0.481 e. The maximum atomic E-state index is 13.3. The van der Waals surface area contributed by atoms with Crippen molar-refractivity contribution in [3.63, 3.8) is 0 Å². The van der Waals surface area contributed by atoms with Gasteiger partial charge in [-0.2, -0.15) is 4.39 Å². The number of anilines is 1. The second-order valence-corrected chi connectivity index (χ2v) is 4.17. The Kier molecular flexibility index (Phi) is 5.82. The van der Waals surface area contributed by atoms with Crippen LogP contribution in [0.25, 0.3) is 0 Å². The van der Waals surface area contributed by atoms with Crippen LogP contribution in [0.5, 0.6) is 0 Å². The van der Waals surface area contributed by atoms with E-state index in [2.05, 4.69) is 5.32 Å². The zero-order valence-corrected chi connectivity index (χ0v) is 10.6. The molecule has 1 aromatic rings. The lowest BCUT2D eigenvalue weighted by molar-refractivity contribution is -0.386. The number of nitro groups is 1. The van der Waals surface area contributed by atoms with Crippen molar-refractivity contribution in [3.05, 3.63) is 33.9 Å². The molecule has 0 saturated carbocycles. The lowest BCUT2D eigenvalue weighted by atomic mass is 10.2. The Hall–Kier alpha value is -2.25. The smallest absolute Gasteiger partial charge is 0.327 e. The summed E-state index contributed by atoms with van der Waals surface area (Å²) < 4.78 is 26.3. The van der Waals surface area contributed by atoms with Crippen LogP contribution >= 0.6 is 0 Å². The van der Waals surface area contributed by atoms with Crippen LogP contribution in [-0.2, 0) is 4.79 Å². The Balaban J connectivity index is 2.55. The third-order valence-electron chi connectivity index (χ3n) is 2.59. The van der Waals surface area contributed by atoms with E-state index in [0.717, 1.165) is 6.07 Å². The summed E-state index contributed by atoms with van der Waals surface area (Å²) in [6.45, 7) is 0.267. The van der Waals surface area contributed by atoms with E-state index < -0.39 is 28.2 Å². The SMILES string of the molecule is O=C(O)CCCCCNc1cc(F)cc(F)c1[N+](=O)[O-]. The van der Waals surface area contributed by atoms with Gasteiger partial charge in [0.2, 0.25) is 5.82 Å². The molecule has 0 radical (unpaired) electrons. The topological polar surface area (TPSA) is 92.5 Å². The number of unbranched alkanes of at least 4 members (excludes halogenated alkanes) is 2. The molecule has 0 aromatic heterocycles. The number of nitrogens with zero attached hydrogens (tertiary/aromatic N) is 1. The zero-order chi connectivity index (χ0) is 15.1. The molecule has 0 bridgehead atoms. The van der Waals surface area contributed by atoms with Crippen LogP contribution in [0.3, 0.4) is 0 Å². The fourth-order valence-electron chi connectivity index (χ4n) is 1.69. The molecule has 8 heteroatoms. The molecule has 2 N–H and O–H groups in total. The zero-order valence-electron chi connectivity index (χ0n) is 10.6. The summed E-state index contributed by atoms with van der Waals surface area (Å²) in [4.78, 5) is 20.1. The van der Waals surface area contributed by atoms with Crippen molar-refractivity contribution in [2.75, 3.05) is 11.9 Å². The summed E-state index contributed by atoms with van der Waals surface area (Å²) in [7, 11) is 0. The van der Waals surface area contributed by atoms with Gasteiger partial charge in [0.05, 0.1) is 4.92 Å². The molecule has 110 valence electrons. The van der Waals surface area contributed by atoms with Crippen LogP contribution in [0.1, 0.15) is 25.7 Å². The highest BCUT2D eigenvalue weighted by Crippen LogP contribution is 2.28. The summed E-state index contributed by atoms with van der Waals surface area (Å²) >= 11 is 0. The van der Waals surface area contributed by atoms with E-state index in [4.69, 9.17) is 5.11 Å². The first-order chi connectivity index (χ1) is 9.41. The van der Waals surface area contributed by atoms with Crippen LogP contribution < -0.4 is 5.32 Å². The summed E-state index contributed by atoms with van der Waals surface area (Å²) in [5.74, 6) is -3.02. The highest BCUT2D eigenvalue weighted by Gasteiger charge is 2.21. The molecule has 0 saturated heterocycles. The summed E-state index contributed by atoms with van der Waals surface area (Å²) in [6, 6.07) is 1.31. The number of benzene rings is 1. The minimum absolute atomic E-state index is 0.0503. The molecule has 0 amide bonds. The quantitative estimate of drug-likeness (QED) is 0.436. The van der Waals surface area contributed by atoms with Gasteiger partial charge in [-0.05, 0) is 12.8 Å². The number of rotatable bonds is 8. The van der Waals surface area contributed by atoms with Crippen molar-refractivity contribution >= 4 is 17.3 Å². The maximum Gasteiger partial charge on any atom is 0.327 e. The third-order valence-corrected chi connectivity index (χ3v) is 2.59. The predicted molar refractivity (Wildman–Crippen MR) is 67.6 cm³/mol. The number of hydrogen-bond donors (Lipinski definition) is 2. The molecule has 0 fully saturated rings. The molecule has 0 atom stereocenters. The normalized spacial score (nSPS) is 10.3. The Morgan fingerprint density at radius 3 is 2.60 bits per heavy atom. The lowest BCUT2D eigenvalue weighted by Crippen LogP contribution is -2.06. The van der Waals surface area contributed by atoms with Crippen molar-refractivity contribution in [2.45, 2.75) is 25.7 Å². The molecule has 0 aliphatic heterocycles. The summed E-state index contributed by atoms with van der Waals surface area (Å²) in [6.07, 6.45) is 1.68. The Bertz CT molecular complexity index is 508. The van der Waals surface area contributed by atoms with Gasteiger partial charge in [0, 0.05) is 25.1 Å². The van der Waals surface area contributed by atoms with E-state index in [-0.39, 0.29) is 18.7 Å². The molecule has 0 aliphatic carbocycles. The van der Waals surface area contributed by atoms with Crippen LogP contribution in [0.2, 0.25) is 0 Å². The number of aliphatic carboxylic acids is 1. The van der Waals surface area contributed by atoms with Gasteiger partial charge < -0.3 is 10.4 Å². The van der Waals surface area contributed by atoms with Gasteiger partial charge in [-0.3, -0.25) is 14.9 Å². The highest BCUT2D eigenvalue weighted by atomic mass is 19.1. The van der Waals surface area contributed by atoms with Gasteiger partial charge in [-0.1, -0.05) is 6.42 Å². The second kappa shape index (κ2) is 7.37. The van der Waals surface area contributed by atoms with Gasteiger partial charge in [0.25, 0.3) is 0 Å². The molecular formula is C12H14F2N2O4. The first kappa shape index (κ1) is 15.8. The van der Waals surface area contributed by atoms with Gasteiger partial charge >= 0.3 is 11.7 Å². The van der Waals surface area contributed by atoms with Gasteiger partial charge in [0.15, 0.2) is 0 Å². The van der Waals surface area contributed by atoms with E-state index >= 15 is 0 Å². The lowest BCUT2D eigenvalue weighted by Gasteiger charge is -2.07. The van der Waals surface area contributed by atoms with Crippen LogP contribution in [0.4, 0.5) is 20.2 Å². The number of hydrogen-bond acceptors (Lipinski definition) is 4. The Morgan fingerprint density at radius 1 is 1.30 bits per heavy atom. The second-order valence-electron chi connectivity index (χ2n) is 4.17. The average Bonchev–Trinajstić information content (AvgIpc) is 2.31. The summed E-state index contributed by atoms with van der Waals surface area (Å²) in [5.41, 5.74) is -1.01. The maximum absolute atomic E-state index is 13.3. The molecular weight excluding hydrogens is 274 g/mol. The standard InChI is InChI=1S/C12H14F2N2O4/c13-8-6-9(14)12(16(19)20)10(7-8)15-5-3-1-2-4-11(17)18/h6-7,15H,1-5H2,(H,17,18). The molecule has 20 heavy (non-hydrogen) atoms. The van der Waals surface area contributed by atoms with Gasteiger partial charge in [-0.25, -0.2) is 4.39 Å². The van der Waals surface area contributed by atoms with Crippen molar-refractivity contribution in [1.82, 2.24) is 0 Å².